The van der Waals surface area contributed by atoms with E-state index in [1.807, 2.05) is 0 Å². The van der Waals surface area contributed by atoms with Crippen LogP contribution in [-0.2, 0) is 9.59 Å². The number of carboxylic acid groups (broad SMARTS) is 1. The molecule has 0 radical (unpaired) electrons. The molecule has 0 aliphatic rings. The predicted octanol–water partition coefficient (Wildman–Crippen LogP) is 4.98. The molecular weight excluding hydrogens is 342 g/mol. The zero-order valence-corrected chi connectivity index (χ0v) is 17.3. The number of aliphatic carboxylic acids is 1. The van der Waals surface area contributed by atoms with Crippen LogP contribution in [0.2, 0.25) is 0 Å². The van der Waals surface area contributed by atoms with Crippen LogP contribution in [0.3, 0.4) is 0 Å². The van der Waals surface area contributed by atoms with Crippen molar-refractivity contribution in [3.63, 3.8) is 0 Å². The second-order valence-electron chi connectivity index (χ2n) is 7.33. The van der Waals surface area contributed by atoms with Crippen LogP contribution in [0.1, 0.15) is 103 Å². The first-order valence-corrected chi connectivity index (χ1v) is 10.9. The van der Waals surface area contributed by atoms with E-state index in [1.165, 1.54) is 57.8 Å². The smallest absolute Gasteiger partial charge is 0.328 e. The number of rotatable bonds is 19. The lowest BCUT2D eigenvalue weighted by Crippen LogP contribution is -2.43. The third kappa shape index (κ3) is 17.8. The van der Waals surface area contributed by atoms with E-state index in [9.17, 15) is 9.59 Å². The number of hydrogen-bond acceptors (Lipinski definition) is 3. The summed E-state index contributed by atoms with van der Waals surface area (Å²) in [5.74, 6) is -1.50. The summed E-state index contributed by atoms with van der Waals surface area (Å²) in [5.41, 5.74) is 0. The monoisotopic (exact) mass is 383 g/mol. The minimum absolute atomic E-state index is 0.301. The maximum absolute atomic E-state index is 11.6. The fourth-order valence-corrected chi connectivity index (χ4v) is 2.99. The second-order valence-corrected chi connectivity index (χ2v) is 7.33. The topological polar surface area (TPSA) is 86.6 Å². The van der Waals surface area contributed by atoms with E-state index >= 15 is 0 Å². The van der Waals surface area contributed by atoms with E-state index in [-0.39, 0.29) is 5.91 Å². The highest BCUT2D eigenvalue weighted by atomic mass is 16.4. The molecule has 0 aromatic carbocycles. The average molecular weight is 384 g/mol. The van der Waals surface area contributed by atoms with Gasteiger partial charge in [0.05, 0.1) is 6.61 Å². The zero-order valence-electron chi connectivity index (χ0n) is 17.3. The van der Waals surface area contributed by atoms with E-state index in [0.29, 0.717) is 6.42 Å². The van der Waals surface area contributed by atoms with Gasteiger partial charge in [-0.1, -0.05) is 76.9 Å². The van der Waals surface area contributed by atoms with Gasteiger partial charge in [-0.3, -0.25) is 4.79 Å². The fourth-order valence-electron chi connectivity index (χ4n) is 2.99. The number of aliphatic hydroxyl groups excluding tert-OH is 1. The number of allylic oxidation sites excluding steroid dienone is 2. The van der Waals surface area contributed by atoms with E-state index in [0.717, 1.165) is 32.1 Å². The molecule has 158 valence electrons. The van der Waals surface area contributed by atoms with Crippen LogP contribution < -0.4 is 5.32 Å². The van der Waals surface area contributed by atoms with Crippen molar-refractivity contribution in [2.75, 3.05) is 6.61 Å². The van der Waals surface area contributed by atoms with Gasteiger partial charge in [-0.25, -0.2) is 4.79 Å². The van der Waals surface area contributed by atoms with Crippen LogP contribution in [0.4, 0.5) is 0 Å². The Hall–Kier alpha value is -1.36. The lowest BCUT2D eigenvalue weighted by Gasteiger charge is -2.11. The number of hydrogen-bond donors (Lipinski definition) is 3. The van der Waals surface area contributed by atoms with Crippen molar-refractivity contribution in [1.29, 1.82) is 0 Å². The lowest BCUT2D eigenvalue weighted by molar-refractivity contribution is -0.142. The third-order valence-electron chi connectivity index (χ3n) is 4.73. The highest BCUT2D eigenvalue weighted by Crippen LogP contribution is 2.10. The summed E-state index contributed by atoms with van der Waals surface area (Å²) in [6.45, 7) is 1.68. The molecule has 1 amide bonds. The number of carbonyl (C=O) groups excluding carboxylic acids is 1. The second kappa shape index (κ2) is 19.4. The van der Waals surface area contributed by atoms with Crippen LogP contribution in [0.5, 0.6) is 0 Å². The Morgan fingerprint density at radius 2 is 1.30 bits per heavy atom. The quantitative estimate of drug-likeness (QED) is 0.217. The first-order valence-electron chi connectivity index (χ1n) is 10.9. The largest absolute Gasteiger partial charge is 0.480 e. The standard InChI is InChI=1S/C22H41NO4/c1-2-3-4-5-6-7-8-9-10-11-12-13-14-15-16-17-18-21(25)23-20(19-24)22(26)27/h10-11,20,24H,2-9,12-19H2,1H3,(H,23,25)(H,26,27)/b11-10-/t20-/m0/s1. The first-order chi connectivity index (χ1) is 13.1. The number of amides is 1. The molecule has 0 aromatic rings. The molecule has 0 aromatic heterocycles. The summed E-state index contributed by atoms with van der Waals surface area (Å²) in [6, 6.07) is -1.19. The first kappa shape index (κ1) is 25.6. The van der Waals surface area contributed by atoms with Gasteiger partial charge < -0.3 is 15.5 Å². The molecule has 0 saturated heterocycles. The summed E-state index contributed by atoms with van der Waals surface area (Å²) in [5, 5.41) is 19.9. The summed E-state index contributed by atoms with van der Waals surface area (Å²) in [6.07, 6.45) is 22.0. The minimum atomic E-state index is -1.20. The summed E-state index contributed by atoms with van der Waals surface area (Å²) in [4.78, 5) is 22.3. The fraction of sp³-hybridized carbons (Fsp3) is 0.818. The number of carboxylic acids is 1. The molecule has 0 spiro atoms. The van der Waals surface area contributed by atoms with Crippen molar-refractivity contribution in [2.24, 2.45) is 0 Å². The highest BCUT2D eigenvalue weighted by Gasteiger charge is 2.17. The van der Waals surface area contributed by atoms with Gasteiger partial charge in [0.2, 0.25) is 5.91 Å². The maximum atomic E-state index is 11.6. The Kier molecular flexibility index (Phi) is 18.4. The number of nitrogens with one attached hydrogen (secondary N) is 1. The van der Waals surface area contributed by atoms with Gasteiger partial charge in [0, 0.05) is 6.42 Å². The van der Waals surface area contributed by atoms with Gasteiger partial charge in [0.1, 0.15) is 6.04 Å². The molecule has 3 N–H and O–H groups in total. The molecule has 5 nitrogen and oxygen atoms in total. The molecule has 0 unspecified atom stereocenters. The van der Waals surface area contributed by atoms with Crippen molar-refractivity contribution in [2.45, 2.75) is 109 Å². The Bertz CT molecular complexity index is 396. The zero-order chi connectivity index (χ0) is 20.2. The Balaban J connectivity index is 3.35. The van der Waals surface area contributed by atoms with Gasteiger partial charge in [-0.05, 0) is 32.1 Å². The van der Waals surface area contributed by atoms with Crippen molar-refractivity contribution in [1.82, 2.24) is 5.32 Å². The van der Waals surface area contributed by atoms with Gasteiger partial charge >= 0.3 is 5.97 Å². The van der Waals surface area contributed by atoms with Crippen LogP contribution in [-0.4, -0.2) is 34.7 Å². The predicted molar refractivity (Wildman–Crippen MR) is 111 cm³/mol. The van der Waals surface area contributed by atoms with Gasteiger partial charge in [0.15, 0.2) is 0 Å². The van der Waals surface area contributed by atoms with Crippen molar-refractivity contribution in [3.8, 4) is 0 Å². The Morgan fingerprint density at radius 3 is 1.78 bits per heavy atom. The number of aliphatic hydroxyl groups is 1. The Morgan fingerprint density at radius 1 is 0.815 bits per heavy atom. The molecule has 0 aliphatic heterocycles. The van der Waals surface area contributed by atoms with Gasteiger partial charge in [0.25, 0.3) is 0 Å². The van der Waals surface area contributed by atoms with Crippen LogP contribution >= 0.6 is 0 Å². The molecule has 0 rings (SSSR count). The molecular formula is C22H41NO4. The van der Waals surface area contributed by atoms with Crippen molar-refractivity contribution in [3.05, 3.63) is 12.2 Å². The molecule has 0 fully saturated rings. The molecule has 0 bridgehead atoms. The minimum Gasteiger partial charge on any atom is -0.480 e. The van der Waals surface area contributed by atoms with E-state index in [1.54, 1.807) is 0 Å². The Labute approximate surface area is 165 Å². The molecule has 0 heterocycles. The lowest BCUT2D eigenvalue weighted by atomic mass is 10.1. The van der Waals surface area contributed by atoms with Crippen LogP contribution in [0, 0.1) is 0 Å². The SMILES string of the molecule is CCCCCCCCC/C=C\CCCCCCCC(=O)N[C@@H](CO)C(=O)O. The molecule has 1 atom stereocenters. The number of carbonyl (C=O) groups is 2. The van der Waals surface area contributed by atoms with E-state index < -0.39 is 18.6 Å². The maximum Gasteiger partial charge on any atom is 0.328 e. The van der Waals surface area contributed by atoms with Crippen LogP contribution in [0.15, 0.2) is 12.2 Å². The molecule has 27 heavy (non-hydrogen) atoms. The van der Waals surface area contributed by atoms with Crippen molar-refractivity contribution < 1.29 is 19.8 Å². The van der Waals surface area contributed by atoms with Crippen molar-refractivity contribution >= 4 is 11.9 Å². The summed E-state index contributed by atoms with van der Waals surface area (Å²) >= 11 is 0. The molecule has 5 heteroatoms. The normalized spacial score (nSPS) is 12.4. The third-order valence-corrected chi connectivity index (χ3v) is 4.73. The van der Waals surface area contributed by atoms with E-state index in [4.69, 9.17) is 10.2 Å². The molecule has 0 saturated carbocycles. The average Bonchev–Trinajstić information content (AvgIpc) is 2.65. The van der Waals surface area contributed by atoms with Gasteiger partial charge in [-0.2, -0.15) is 0 Å². The number of unbranched alkanes of at least 4 members (excludes halogenated alkanes) is 12. The van der Waals surface area contributed by atoms with Gasteiger partial charge in [-0.15, -0.1) is 0 Å². The van der Waals surface area contributed by atoms with Crippen LogP contribution in [0.25, 0.3) is 0 Å². The van der Waals surface area contributed by atoms with E-state index in [2.05, 4.69) is 24.4 Å². The molecule has 0 aliphatic carbocycles. The highest BCUT2D eigenvalue weighted by molar-refractivity contribution is 5.83. The summed E-state index contributed by atoms with van der Waals surface area (Å²) in [7, 11) is 0. The summed E-state index contributed by atoms with van der Waals surface area (Å²) < 4.78 is 0.